The predicted molar refractivity (Wildman–Crippen MR) is 70.1 cm³/mol. The molecule has 0 radical (unpaired) electrons. The number of ether oxygens (including phenoxy) is 2. The smallest absolute Gasteiger partial charge is 0.421 e. The molecule has 0 N–H and O–H groups in total. The second-order valence-electron chi connectivity index (χ2n) is 5.21. The van der Waals surface area contributed by atoms with Gasteiger partial charge < -0.3 is 9.47 Å². The molecule has 5 heteroatoms. The van der Waals surface area contributed by atoms with Gasteiger partial charge in [0.1, 0.15) is 11.4 Å². The number of hydrogen-bond donors (Lipinski definition) is 0. The second-order valence-corrected chi connectivity index (χ2v) is 5.21. The summed E-state index contributed by atoms with van der Waals surface area (Å²) in [6.45, 7) is 5.20. The lowest BCUT2D eigenvalue weighted by atomic mass is 10.2. The first-order chi connectivity index (χ1) is 8.81. The molecule has 0 fully saturated rings. The van der Waals surface area contributed by atoms with E-state index >= 15 is 0 Å². The summed E-state index contributed by atoms with van der Waals surface area (Å²) in [7, 11) is 1.53. The van der Waals surface area contributed by atoms with Gasteiger partial charge in [0.2, 0.25) is 5.95 Å². The number of fused-ring (bicyclic) bond motifs is 1. The fourth-order valence-corrected chi connectivity index (χ4v) is 1.78. The molecule has 1 aromatic carbocycles. The third-order valence-electron chi connectivity index (χ3n) is 2.54. The quantitative estimate of drug-likeness (QED) is 0.791. The van der Waals surface area contributed by atoms with Crippen molar-refractivity contribution in [3.63, 3.8) is 0 Å². The van der Waals surface area contributed by atoms with Crippen LogP contribution >= 0.6 is 0 Å². The molecule has 2 aromatic rings. The summed E-state index contributed by atoms with van der Waals surface area (Å²) in [5.41, 5.74) is -0.223. The number of methoxy groups -OCH3 is 1. The molecule has 0 aliphatic rings. The Labute approximate surface area is 110 Å². The van der Waals surface area contributed by atoms with Crippen molar-refractivity contribution in [1.29, 1.82) is 0 Å². The van der Waals surface area contributed by atoms with Gasteiger partial charge >= 0.3 is 6.09 Å². The lowest BCUT2D eigenvalue weighted by Gasteiger charge is -2.19. The van der Waals surface area contributed by atoms with Gasteiger partial charge in [-0.1, -0.05) is 0 Å². The zero-order valence-electron chi connectivity index (χ0n) is 11.4. The predicted octanol–water partition coefficient (Wildman–Crippen LogP) is 3.57. The van der Waals surface area contributed by atoms with Crippen molar-refractivity contribution in [3.05, 3.63) is 30.2 Å². The van der Waals surface area contributed by atoms with E-state index in [1.807, 2.05) is 0 Å². The Hall–Kier alpha value is -2.04. The van der Waals surface area contributed by atoms with Gasteiger partial charge in [-0.3, -0.25) is 0 Å². The summed E-state index contributed by atoms with van der Waals surface area (Å²) in [5, 5.41) is 0.586. The molecule has 0 amide bonds. The van der Waals surface area contributed by atoms with Crippen molar-refractivity contribution in [2.45, 2.75) is 26.4 Å². The molecule has 19 heavy (non-hydrogen) atoms. The Morgan fingerprint density at radius 3 is 2.53 bits per heavy atom. The molecule has 4 nitrogen and oxygen atoms in total. The van der Waals surface area contributed by atoms with Gasteiger partial charge in [-0.25, -0.2) is 9.36 Å². The zero-order chi connectivity index (χ0) is 14.2. The van der Waals surface area contributed by atoms with Crippen LogP contribution in [0.25, 0.3) is 10.9 Å². The molecule has 0 unspecified atom stereocenters. The van der Waals surface area contributed by atoms with Crippen molar-refractivity contribution in [2.24, 2.45) is 0 Å². The van der Waals surface area contributed by atoms with Gasteiger partial charge in [0.15, 0.2) is 0 Å². The monoisotopic (exact) mass is 265 g/mol. The Kier molecular flexibility index (Phi) is 3.22. The van der Waals surface area contributed by atoms with E-state index in [0.29, 0.717) is 16.7 Å². The van der Waals surface area contributed by atoms with Gasteiger partial charge in [0.05, 0.1) is 12.6 Å². The Morgan fingerprint density at radius 2 is 1.95 bits per heavy atom. The maximum atomic E-state index is 13.9. The average Bonchev–Trinajstić information content (AvgIpc) is 2.61. The molecule has 0 spiro atoms. The van der Waals surface area contributed by atoms with Crippen LogP contribution in [0.5, 0.6) is 5.75 Å². The van der Waals surface area contributed by atoms with Crippen LogP contribution in [0.4, 0.5) is 9.18 Å². The van der Waals surface area contributed by atoms with Gasteiger partial charge in [0, 0.05) is 11.5 Å². The molecule has 0 aliphatic heterocycles. The number of rotatable bonds is 1. The third kappa shape index (κ3) is 2.70. The average molecular weight is 265 g/mol. The summed E-state index contributed by atoms with van der Waals surface area (Å²) in [5.74, 6) is -0.0497. The van der Waals surface area contributed by atoms with Crippen LogP contribution in [-0.2, 0) is 4.74 Å². The van der Waals surface area contributed by atoms with E-state index in [-0.39, 0.29) is 0 Å². The van der Waals surface area contributed by atoms with Crippen molar-refractivity contribution >= 4 is 17.0 Å². The molecular weight excluding hydrogens is 249 g/mol. The van der Waals surface area contributed by atoms with E-state index in [0.717, 1.165) is 4.57 Å². The number of halogens is 1. The highest BCUT2D eigenvalue weighted by atomic mass is 19.1. The van der Waals surface area contributed by atoms with E-state index in [1.54, 1.807) is 39.0 Å². The maximum absolute atomic E-state index is 13.9. The number of hydrogen-bond acceptors (Lipinski definition) is 3. The molecule has 2 rings (SSSR count). The number of carbonyl (C=O) groups excluding carboxylic acids is 1. The van der Waals surface area contributed by atoms with Crippen molar-refractivity contribution < 1.29 is 18.7 Å². The number of aromatic nitrogens is 1. The van der Waals surface area contributed by atoms with E-state index in [4.69, 9.17) is 9.47 Å². The summed E-state index contributed by atoms with van der Waals surface area (Å²) in [6.07, 6.45) is -0.731. The first-order valence-corrected chi connectivity index (χ1v) is 5.90. The van der Waals surface area contributed by atoms with Crippen LogP contribution in [0.2, 0.25) is 0 Å². The lowest BCUT2D eigenvalue weighted by Crippen LogP contribution is -2.27. The Bertz CT molecular complexity index is 625. The van der Waals surface area contributed by atoms with E-state index in [2.05, 4.69) is 0 Å². The van der Waals surface area contributed by atoms with Gasteiger partial charge in [-0.2, -0.15) is 4.39 Å². The molecule has 1 heterocycles. The first-order valence-electron chi connectivity index (χ1n) is 5.90. The van der Waals surface area contributed by atoms with Crippen LogP contribution in [0.1, 0.15) is 20.8 Å². The van der Waals surface area contributed by atoms with Crippen LogP contribution in [-0.4, -0.2) is 23.4 Å². The second kappa shape index (κ2) is 4.57. The summed E-state index contributed by atoms with van der Waals surface area (Å²) in [4.78, 5) is 12.0. The van der Waals surface area contributed by atoms with E-state index in [1.165, 1.54) is 13.2 Å². The zero-order valence-corrected chi connectivity index (χ0v) is 11.4. The molecule has 0 bridgehead atoms. The van der Waals surface area contributed by atoms with E-state index < -0.39 is 17.6 Å². The van der Waals surface area contributed by atoms with Crippen LogP contribution in [0.3, 0.4) is 0 Å². The van der Waals surface area contributed by atoms with Gasteiger partial charge in [0.25, 0.3) is 0 Å². The highest BCUT2D eigenvalue weighted by Gasteiger charge is 2.22. The third-order valence-corrected chi connectivity index (χ3v) is 2.54. The lowest BCUT2D eigenvalue weighted by molar-refractivity contribution is 0.0527. The number of benzene rings is 1. The van der Waals surface area contributed by atoms with E-state index in [9.17, 15) is 9.18 Å². The fraction of sp³-hybridized carbons (Fsp3) is 0.357. The molecule has 0 aliphatic carbocycles. The molecular formula is C14H16FNO3. The molecule has 0 saturated heterocycles. The molecule has 0 saturated carbocycles. The van der Waals surface area contributed by atoms with Crippen LogP contribution in [0.15, 0.2) is 24.3 Å². The van der Waals surface area contributed by atoms with Gasteiger partial charge in [-0.15, -0.1) is 0 Å². The first kappa shape index (κ1) is 13.4. The Balaban J connectivity index is 2.49. The van der Waals surface area contributed by atoms with Crippen molar-refractivity contribution in [2.75, 3.05) is 7.11 Å². The highest BCUT2D eigenvalue weighted by Crippen LogP contribution is 2.25. The summed E-state index contributed by atoms with van der Waals surface area (Å²) >= 11 is 0. The van der Waals surface area contributed by atoms with Crippen molar-refractivity contribution in [1.82, 2.24) is 4.57 Å². The van der Waals surface area contributed by atoms with Crippen LogP contribution in [0, 0.1) is 5.95 Å². The maximum Gasteiger partial charge on any atom is 0.421 e. The normalized spacial score (nSPS) is 11.6. The molecule has 102 valence electrons. The van der Waals surface area contributed by atoms with Gasteiger partial charge in [-0.05, 0) is 39.0 Å². The number of carbonyl (C=O) groups is 1. The molecule has 0 atom stereocenters. The highest BCUT2D eigenvalue weighted by molar-refractivity contribution is 5.90. The minimum Gasteiger partial charge on any atom is -0.497 e. The summed E-state index contributed by atoms with van der Waals surface area (Å²) < 4.78 is 25.0. The SMILES string of the molecule is COc1ccc2c(c1)cc(F)n2C(=O)OC(C)(C)C. The van der Waals surface area contributed by atoms with Crippen molar-refractivity contribution in [3.8, 4) is 5.75 Å². The summed E-state index contributed by atoms with van der Waals surface area (Å²) in [6, 6.07) is 6.24. The minimum atomic E-state index is -0.731. The topological polar surface area (TPSA) is 40.5 Å². The Morgan fingerprint density at radius 1 is 1.26 bits per heavy atom. The molecule has 1 aromatic heterocycles. The largest absolute Gasteiger partial charge is 0.497 e. The van der Waals surface area contributed by atoms with Crippen LogP contribution < -0.4 is 4.74 Å². The fourth-order valence-electron chi connectivity index (χ4n) is 1.78. The number of nitrogens with zero attached hydrogens (tertiary/aromatic N) is 1. The minimum absolute atomic E-state index is 0.451. The standard InChI is InChI=1S/C14H16FNO3/c1-14(2,3)19-13(17)16-11-6-5-10(18-4)7-9(11)8-12(16)15/h5-8H,1-4H3.